The molecular weight excluding hydrogens is 261 g/mol. The number of rotatable bonds is 6. The molecule has 0 fully saturated rings. The molecule has 0 amide bonds. The Morgan fingerprint density at radius 1 is 1.16 bits per heavy atom. The highest BCUT2D eigenvalue weighted by molar-refractivity contribution is 5.66. The number of hydrogen-bond acceptors (Lipinski definition) is 2. The Labute approximate surface area is 108 Å². The molecule has 1 aromatic rings. The first-order valence-electron chi connectivity index (χ1n) is 5.87. The summed E-state index contributed by atoms with van der Waals surface area (Å²) in [5.41, 5.74) is -0.349. The molecule has 0 bridgehead atoms. The molecule has 0 aliphatic rings. The fourth-order valence-corrected chi connectivity index (χ4v) is 1.67. The van der Waals surface area contributed by atoms with Gasteiger partial charge in [0.05, 0.1) is 11.7 Å². The standard InChI is InChI=1S/C13H15F3O3/c14-13(15,16)10-7-5-9(6-8-10)11(17)3-1-2-4-12(18)19/h5-8,11,17H,1-4H2,(H,18,19). The van der Waals surface area contributed by atoms with Crippen molar-refractivity contribution in [1.29, 1.82) is 0 Å². The zero-order valence-corrected chi connectivity index (χ0v) is 10.2. The lowest BCUT2D eigenvalue weighted by molar-refractivity contribution is -0.138. The molecule has 1 atom stereocenters. The molecule has 2 N–H and O–H groups in total. The van der Waals surface area contributed by atoms with Gasteiger partial charge in [0.15, 0.2) is 0 Å². The van der Waals surface area contributed by atoms with Crippen LogP contribution in [-0.2, 0) is 11.0 Å². The zero-order valence-electron chi connectivity index (χ0n) is 10.2. The highest BCUT2D eigenvalue weighted by Gasteiger charge is 2.30. The number of aliphatic hydroxyl groups excluding tert-OH is 1. The minimum atomic E-state index is -4.38. The van der Waals surface area contributed by atoms with E-state index in [2.05, 4.69) is 0 Å². The normalized spacial score (nSPS) is 13.3. The van der Waals surface area contributed by atoms with Crippen LogP contribution in [0.25, 0.3) is 0 Å². The molecule has 0 aliphatic carbocycles. The Bertz CT molecular complexity index is 412. The largest absolute Gasteiger partial charge is 0.481 e. The van der Waals surface area contributed by atoms with Crippen molar-refractivity contribution in [1.82, 2.24) is 0 Å². The van der Waals surface area contributed by atoms with Gasteiger partial charge in [0.1, 0.15) is 0 Å². The monoisotopic (exact) mass is 276 g/mol. The van der Waals surface area contributed by atoms with E-state index in [-0.39, 0.29) is 6.42 Å². The molecule has 0 spiro atoms. The number of benzene rings is 1. The van der Waals surface area contributed by atoms with Crippen molar-refractivity contribution in [3.8, 4) is 0 Å². The smallest absolute Gasteiger partial charge is 0.416 e. The van der Waals surface area contributed by atoms with Gasteiger partial charge in [-0.3, -0.25) is 4.79 Å². The van der Waals surface area contributed by atoms with Crippen LogP contribution in [-0.4, -0.2) is 16.2 Å². The first kappa shape index (κ1) is 15.5. The molecule has 106 valence electrons. The average molecular weight is 276 g/mol. The van der Waals surface area contributed by atoms with Gasteiger partial charge in [0, 0.05) is 6.42 Å². The zero-order chi connectivity index (χ0) is 14.5. The maximum atomic E-state index is 12.3. The number of carboxylic acid groups (broad SMARTS) is 1. The van der Waals surface area contributed by atoms with Gasteiger partial charge in [0.2, 0.25) is 0 Å². The summed E-state index contributed by atoms with van der Waals surface area (Å²) in [6.45, 7) is 0. The van der Waals surface area contributed by atoms with Gasteiger partial charge in [-0.1, -0.05) is 12.1 Å². The maximum Gasteiger partial charge on any atom is 0.416 e. The fourth-order valence-electron chi connectivity index (χ4n) is 1.67. The minimum Gasteiger partial charge on any atom is -0.481 e. The van der Waals surface area contributed by atoms with E-state index in [0.717, 1.165) is 12.1 Å². The van der Waals surface area contributed by atoms with Gasteiger partial charge < -0.3 is 10.2 Å². The van der Waals surface area contributed by atoms with Crippen LogP contribution in [0.3, 0.4) is 0 Å². The number of halogens is 3. The van der Waals surface area contributed by atoms with Gasteiger partial charge >= 0.3 is 12.1 Å². The van der Waals surface area contributed by atoms with Gasteiger partial charge in [0.25, 0.3) is 0 Å². The number of alkyl halides is 3. The molecule has 1 unspecified atom stereocenters. The Morgan fingerprint density at radius 3 is 2.21 bits per heavy atom. The Balaban J connectivity index is 2.49. The molecule has 0 radical (unpaired) electrons. The van der Waals surface area contributed by atoms with Crippen molar-refractivity contribution in [2.24, 2.45) is 0 Å². The molecule has 0 aliphatic heterocycles. The van der Waals surface area contributed by atoms with Gasteiger partial charge in [-0.2, -0.15) is 13.2 Å². The van der Waals surface area contributed by atoms with Gasteiger partial charge in [-0.15, -0.1) is 0 Å². The van der Waals surface area contributed by atoms with Crippen molar-refractivity contribution in [3.63, 3.8) is 0 Å². The summed E-state index contributed by atoms with van der Waals surface area (Å²) in [7, 11) is 0. The van der Waals surface area contributed by atoms with E-state index in [1.807, 2.05) is 0 Å². The molecule has 6 heteroatoms. The van der Waals surface area contributed by atoms with Crippen LogP contribution < -0.4 is 0 Å². The van der Waals surface area contributed by atoms with Crippen LogP contribution in [0.1, 0.15) is 42.9 Å². The van der Waals surface area contributed by atoms with Crippen LogP contribution in [0.4, 0.5) is 13.2 Å². The molecule has 0 heterocycles. The van der Waals surface area contributed by atoms with E-state index in [1.165, 1.54) is 12.1 Å². The van der Waals surface area contributed by atoms with Crippen LogP contribution in [0.2, 0.25) is 0 Å². The number of aliphatic hydroxyl groups is 1. The van der Waals surface area contributed by atoms with Crippen molar-refractivity contribution >= 4 is 5.97 Å². The third-order valence-corrected chi connectivity index (χ3v) is 2.74. The second-order valence-electron chi connectivity index (χ2n) is 4.28. The van der Waals surface area contributed by atoms with Crippen molar-refractivity contribution < 1.29 is 28.2 Å². The minimum absolute atomic E-state index is 0.0275. The van der Waals surface area contributed by atoms with E-state index in [9.17, 15) is 23.1 Å². The van der Waals surface area contributed by atoms with E-state index in [1.54, 1.807) is 0 Å². The summed E-state index contributed by atoms with van der Waals surface area (Å²) >= 11 is 0. The number of hydrogen-bond donors (Lipinski definition) is 2. The molecule has 0 saturated carbocycles. The summed E-state index contributed by atoms with van der Waals surface area (Å²) in [6, 6.07) is 4.33. The van der Waals surface area contributed by atoms with Crippen LogP contribution in [0.5, 0.6) is 0 Å². The van der Waals surface area contributed by atoms with E-state index >= 15 is 0 Å². The third-order valence-electron chi connectivity index (χ3n) is 2.74. The highest BCUT2D eigenvalue weighted by atomic mass is 19.4. The molecule has 1 rings (SSSR count). The number of carboxylic acids is 1. The highest BCUT2D eigenvalue weighted by Crippen LogP contribution is 2.30. The second kappa shape index (κ2) is 6.56. The number of aliphatic carboxylic acids is 1. The predicted octanol–water partition coefficient (Wildman–Crippen LogP) is 3.38. The SMILES string of the molecule is O=C(O)CCCCC(O)c1ccc(C(F)(F)F)cc1. The first-order chi connectivity index (χ1) is 8.80. The lowest BCUT2D eigenvalue weighted by Crippen LogP contribution is -2.05. The lowest BCUT2D eigenvalue weighted by Gasteiger charge is -2.12. The van der Waals surface area contributed by atoms with Crippen LogP contribution >= 0.6 is 0 Å². The van der Waals surface area contributed by atoms with Crippen LogP contribution in [0.15, 0.2) is 24.3 Å². The first-order valence-corrected chi connectivity index (χ1v) is 5.87. The Kier molecular flexibility index (Phi) is 5.35. The summed E-state index contributed by atoms with van der Waals surface area (Å²) in [4.78, 5) is 10.3. The molecule has 19 heavy (non-hydrogen) atoms. The molecule has 0 saturated heterocycles. The topological polar surface area (TPSA) is 57.5 Å². The third kappa shape index (κ3) is 5.30. The van der Waals surface area contributed by atoms with E-state index in [0.29, 0.717) is 24.8 Å². The van der Waals surface area contributed by atoms with E-state index < -0.39 is 23.8 Å². The maximum absolute atomic E-state index is 12.3. The molecule has 3 nitrogen and oxygen atoms in total. The summed E-state index contributed by atoms with van der Waals surface area (Å²) < 4.78 is 37.0. The Hall–Kier alpha value is -1.56. The van der Waals surface area contributed by atoms with Crippen LogP contribution in [0, 0.1) is 0 Å². The summed E-state index contributed by atoms with van der Waals surface area (Å²) in [5, 5.41) is 18.2. The second-order valence-corrected chi connectivity index (χ2v) is 4.28. The van der Waals surface area contributed by atoms with Crippen molar-refractivity contribution in [2.45, 2.75) is 38.0 Å². The molecule has 1 aromatic carbocycles. The van der Waals surface area contributed by atoms with Gasteiger partial charge in [-0.05, 0) is 37.0 Å². The summed E-state index contributed by atoms with van der Waals surface area (Å²) in [6.07, 6.45) is -3.94. The Morgan fingerprint density at radius 2 is 1.74 bits per heavy atom. The average Bonchev–Trinajstić information content (AvgIpc) is 2.33. The number of carbonyl (C=O) groups is 1. The van der Waals surface area contributed by atoms with Crippen molar-refractivity contribution in [2.75, 3.05) is 0 Å². The van der Waals surface area contributed by atoms with Crippen molar-refractivity contribution in [3.05, 3.63) is 35.4 Å². The molecular formula is C13H15F3O3. The lowest BCUT2D eigenvalue weighted by atomic mass is 10.0. The predicted molar refractivity (Wildman–Crippen MR) is 62.5 cm³/mol. The van der Waals surface area contributed by atoms with Gasteiger partial charge in [-0.25, -0.2) is 0 Å². The summed E-state index contributed by atoms with van der Waals surface area (Å²) in [5.74, 6) is -0.899. The molecule has 0 aromatic heterocycles. The number of unbranched alkanes of at least 4 members (excludes halogenated alkanes) is 1. The fraction of sp³-hybridized carbons (Fsp3) is 0.462. The quantitative estimate of drug-likeness (QED) is 0.783. The van der Waals surface area contributed by atoms with E-state index in [4.69, 9.17) is 5.11 Å².